The molecular weight excluding hydrogens is 512 g/mol. The molecule has 2 atom stereocenters. The molecule has 0 saturated carbocycles. The minimum atomic E-state index is -0.110. The van der Waals surface area contributed by atoms with E-state index in [9.17, 15) is 0 Å². The van der Waals surface area contributed by atoms with Crippen LogP contribution in [0.4, 0.5) is 5.69 Å². The maximum Gasteiger partial charge on any atom is 0.174 e. The molecule has 1 N–H and O–H groups in total. The van der Waals surface area contributed by atoms with E-state index < -0.39 is 0 Å². The zero-order valence-corrected chi connectivity index (χ0v) is 23.9. The second-order valence-corrected chi connectivity index (χ2v) is 10.7. The second-order valence-electron chi connectivity index (χ2n) is 10.4. The van der Waals surface area contributed by atoms with Crippen molar-refractivity contribution < 1.29 is 4.74 Å². The monoisotopic (exact) mass is 544 g/mol. The van der Waals surface area contributed by atoms with Crippen molar-refractivity contribution in [2.45, 2.75) is 39.8 Å². The first-order valence-corrected chi connectivity index (χ1v) is 13.9. The van der Waals surface area contributed by atoms with Crippen LogP contribution in [0.1, 0.15) is 45.9 Å². The van der Waals surface area contributed by atoms with E-state index in [1.165, 1.54) is 33.8 Å². The molecule has 200 valence electrons. The standard InChI is InChI=1S/C34H32N4OS/c1-22-13-14-23(2)31(20-22)37-24(3)21-29(25(37)4)33-32(30-12-8-9-19-35-30)36-34(40)38(33)26-15-17-28(18-16-26)39-27-10-6-5-7-11-27/h5-21,32-33H,1-4H3,(H,36,40)/t32-,33-/m0/s1. The summed E-state index contributed by atoms with van der Waals surface area (Å²) in [4.78, 5) is 6.95. The summed E-state index contributed by atoms with van der Waals surface area (Å²) in [5.74, 6) is 1.58. The molecule has 0 bridgehead atoms. The summed E-state index contributed by atoms with van der Waals surface area (Å²) in [5.41, 5.74) is 9.23. The predicted molar refractivity (Wildman–Crippen MR) is 166 cm³/mol. The molecule has 1 saturated heterocycles. The van der Waals surface area contributed by atoms with Gasteiger partial charge in [0.25, 0.3) is 0 Å². The number of para-hydroxylation sites is 1. The van der Waals surface area contributed by atoms with Crippen molar-refractivity contribution in [1.29, 1.82) is 0 Å². The number of aryl methyl sites for hydroxylation is 3. The number of nitrogens with zero attached hydrogens (tertiary/aromatic N) is 3. The van der Waals surface area contributed by atoms with Gasteiger partial charge < -0.3 is 19.5 Å². The molecule has 3 aromatic carbocycles. The third-order valence-electron chi connectivity index (χ3n) is 7.59. The minimum absolute atomic E-state index is 0.0895. The molecule has 0 spiro atoms. The van der Waals surface area contributed by atoms with E-state index in [-0.39, 0.29) is 12.1 Å². The first-order chi connectivity index (χ1) is 19.4. The number of rotatable bonds is 6. The van der Waals surface area contributed by atoms with E-state index in [1.54, 1.807) is 0 Å². The first kappa shape index (κ1) is 25.8. The number of pyridine rings is 1. The molecule has 6 heteroatoms. The molecule has 0 radical (unpaired) electrons. The Labute approximate surface area is 241 Å². The highest BCUT2D eigenvalue weighted by atomic mass is 32.1. The molecule has 0 amide bonds. The van der Waals surface area contributed by atoms with Gasteiger partial charge >= 0.3 is 0 Å². The SMILES string of the molecule is Cc1ccc(C)c(-n2c(C)cc([C@H]3[C@H](c4ccccn4)NC(=S)N3c3ccc(Oc4ccccc4)cc3)c2C)c1. The highest BCUT2D eigenvalue weighted by Gasteiger charge is 2.42. The second kappa shape index (κ2) is 10.6. The van der Waals surface area contributed by atoms with Crippen LogP contribution in [0.3, 0.4) is 0 Å². The van der Waals surface area contributed by atoms with Gasteiger partial charge in [0.15, 0.2) is 5.11 Å². The molecule has 0 aliphatic carbocycles. The predicted octanol–water partition coefficient (Wildman–Crippen LogP) is 8.08. The Balaban J connectivity index is 1.44. The lowest BCUT2D eigenvalue weighted by Gasteiger charge is -2.28. The smallest absolute Gasteiger partial charge is 0.174 e. The lowest BCUT2D eigenvalue weighted by atomic mass is 9.96. The van der Waals surface area contributed by atoms with E-state index in [1.807, 2.05) is 60.8 Å². The fraction of sp³-hybridized carbons (Fsp3) is 0.176. The molecule has 1 fully saturated rings. The number of anilines is 1. The van der Waals surface area contributed by atoms with Gasteiger partial charge in [0.1, 0.15) is 11.5 Å². The Hall–Kier alpha value is -4.42. The maximum absolute atomic E-state index is 6.05. The number of benzene rings is 3. The molecule has 5 aromatic rings. The fourth-order valence-electron chi connectivity index (χ4n) is 5.67. The van der Waals surface area contributed by atoms with Gasteiger partial charge in [0.05, 0.1) is 17.8 Å². The molecule has 1 aliphatic rings. The van der Waals surface area contributed by atoms with Crippen LogP contribution in [-0.4, -0.2) is 14.7 Å². The zero-order valence-electron chi connectivity index (χ0n) is 23.1. The zero-order chi connectivity index (χ0) is 27.8. The van der Waals surface area contributed by atoms with Gasteiger partial charge in [-0.3, -0.25) is 4.98 Å². The highest BCUT2D eigenvalue weighted by molar-refractivity contribution is 7.80. The quantitative estimate of drug-likeness (QED) is 0.219. The number of nitrogens with one attached hydrogen (secondary N) is 1. The molecule has 2 aromatic heterocycles. The molecular formula is C34H32N4OS. The van der Waals surface area contributed by atoms with Gasteiger partial charge in [0, 0.05) is 29.0 Å². The van der Waals surface area contributed by atoms with Gasteiger partial charge in [-0.2, -0.15) is 0 Å². The lowest BCUT2D eigenvalue weighted by Crippen LogP contribution is -2.29. The van der Waals surface area contributed by atoms with Crippen LogP contribution in [0.5, 0.6) is 11.5 Å². The summed E-state index contributed by atoms with van der Waals surface area (Å²) in [6.45, 7) is 8.69. The van der Waals surface area contributed by atoms with E-state index in [2.05, 4.69) is 84.9 Å². The summed E-state index contributed by atoms with van der Waals surface area (Å²) in [7, 11) is 0. The Morgan fingerprint density at radius 2 is 1.52 bits per heavy atom. The molecule has 3 heterocycles. The summed E-state index contributed by atoms with van der Waals surface area (Å²) in [6, 6.07) is 32.7. The average molecular weight is 545 g/mol. The summed E-state index contributed by atoms with van der Waals surface area (Å²) >= 11 is 5.98. The van der Waals surface area contributed by atoms with Crippen molar-refractivity contribution >= 4 is 23.0 Å². The fourth-order valence-corrected chi connectivity index (χ4v) is 6.01. The Kier molecular flexibility index (Phi) is 6.86. The maximum atomic E-state index is 6.05. The van der Waals surface area contributed by atoms with Crippen LogP contribution in [0, 0.1) is 27.7 Å². The summed E-state index contributed by atoms with van der Waals surface area (Å²) in [6.07, 6.45) is 1.84. The van der Waals surface area contributed by atoms with Crippen molar-refractivity contribution in [2.75, 3.05) is 4.90 Å². The molecule has 1 aliphatic heterocycles. The Morgan fingerprint density at radius 3 is 2.25 bits per heavy atom. The van der Waals surface area contributed by atoms with E-state index >= 15 is 0 Å². The van der Waals surface area contributed by atoms with Crippen molar-refractivity contribution in [3.8, 4) is 17.2 Å². The number of hydrogen-bond acceptors (Lipinski definition) is 3. The summed E-state index contributed by atoms with van der Waals surface area (Å²) < 4.78 is 8.42. The van der Waals surface area contributed by atoms with Gasteiger partial charge in [-0.05, 0) is 117 Å². The third-order valence-corrected chi connectivity index (χ3v) is 7.90. The van der Waals surface area contributed by atoms with Gasteiger partial charge in [-0.25, -0.2) is 0 Å². The third kappa shape index (κ3) is 4.75. The Bertz CT molecular complexity index is 1660. The average Bonchev–Trinajstić information content (AvgIpc) is 3.46. The van der Waals surface area contributed by atoms with Crippen LogP contribution in [-0.2, 0) is 0 Å². The number of hydrogen-bond donors (Lipinski definition) is 1. The highest BCUT2D eigenvalue weighted by Crippen LogP contribution is 2.44. The van der Waals surface area contributed by atoms with Crippen LogP contribution < -0.4 is 15.0 Å². The number of aromatic nitrogens is 2. The van der Waals surface area contributed by atoms with Crippen molar-refractivity contribution in [1.82, 2.24) is 14.9 Å². The van der Waals surface area contributed by atoms with Crippen molar-refractivity contribution in [2.24, 2.45) is 0 Å². The van der Waals surface area contributed by atoms with Crippen LogP contribution >= 0.6 is 12.2 Å². The number of thiocarbonyl (C=S) groups is 1. The molecule has 5 nitrogen and oxygen atoms in total. The number of ether oxygens (including phenoxy) is 1. The molecule has 40 heavy (non-hydrogen) atoms. The van der Waals surface area contributed by atoms with Gasteiger partial charge in [-0.15, -0.1) is 0 Å². The van der Waals surface area contributed by atoms with Crippen molar-refractivity contribution in [3.05, 3.63) is 137 Å². The van der Waals surface area contributed by atoms with Gasteiger partial charge in [0.2, 0.25) is 0 Å². The molecule has 0 unspecified atom stereocenters. The van der Waals surface area contributed by atoms with Gasteiger partial charge in [-0.1, -0.05) is 36.4 Å². The molecule has 6 rings (SSSR count). The summed E-state index contributed by atoms with van der Waals surface area (Å²) in [5, 5.41) is 4.27. The topological polar surface area (TPSA) is 42.3 Å². The van der Waals surface area contributed by atoms with E-state index in [4.69, 9.17) is 21.9 Å². The normalized spacial score (nSPS) is 16.7. The van der Waals surface area contributed by atoms with Crippen LogP contribution in [0.2, 0.25) is 0 Å². The largest absolute Gasteiger partial charge is 0.457 e. The van der Waals surface area contributed by atoms with E-state index in [0.717, 1.165) is 22.9 Å². The lowest BCUT2D eigenvalue weighted by molar-refractivity contribution is 0.482. The Morgan fingerprint density at radius 1 is 0.800 bits per heavy atom. The minimum Gasteiger partial charge on any atom is -0.457 e. The van der Waals surface area contributed by atoms with Crippen molar-refractivity contribution in [3.63, 3.8) is 0 Å². The van der Waals surface area contributed by atoms with Crippen LogP contribution in [0.25, 0.3) is 5.69 Å². The van der Waals surface area contributed by atoms with Crippen LogP contribution in [0.15, 0.2) is 103 Å². The van der Waals surface area contributed by atoms with E-state index in [0.29, 0.717) is 5.11 Å². The first-order valence-electron chi connectivity index (χ1n) is 13.5.